The van der Waals surface area contributed by atoms with E-state index in [0.29, 0.717) is 119 Å². The summed E-state index contributed by atoms with van der Waals surface area (Å²) in [5.74, 6) is 3.70. The maximum Gasteiger partial charge on any atom is 0.340 e. The number of rotatable bonds is 25. The molecule has 0 saturated heterocycles. The van der Waals surface area contributed by atoms with Gasteiger partial charge < -0.3 is 115 Å². The highest BCUT2D eigenvalue weighted by Crippen LogP contribution is 2.45. The number of methoxy groups -OCH3 is 8. The predicted molar refractivity (Wildman–Crippen MR) is 263 cm³/mol. The number of nitrogens with zero attached hydrogens (tertiary/aromatic N) is 2. The van der Waals surface area contributed by atoms with E-state index in [1.807, 2.05) is 60.7 Å². The standard InChI is InChI=1S/C54H74N2O14.2HI/c1-55(21-19-37-29-49(65-7)51(67-9)31-39(37)41(55)25-35-15-17-45(61-3)47(27-35)63-5)33-43(57)53(59)69-23-13-11-12-14-24-70-54(60)44(58)34-56(2)22-20-38-30-50(66-8)52(68-10)32-40(38)42(56)26-36-16-18-46(62-4)48(28-36)64-6;;/h15-18,27-32,41-44,57-58H,11-14,19-26,33-34H2,1-10H3;2*1H/q+2;;/p-2/t41-,42-,43-,44-,55?,56?;;/m1../s1. The molecule has 4 aromatic carbocycles. The molecule has 6 rings (SSSR count). The van der Waals surface area contributed by atoms with Crippen molar-refractivity contribution in [2.75, 3.05) is 110 Å². The molecule has 2 heterocycles. The number of carbonyl (C=O) groups excluding carboxylic acids is 2. The fourth-order valence-electron chi connectivity index (χ4n) is 10.3. The van der Waals surface area contributed by atoms with Crippen LogP contribution in [0.4, 0.5) is 0 Å². The van der Waals surface area contributed by atoms with Crippen molar-refractivity contribution in [3.8, 4) is 46.0 Å². The van der Waals surface area contributed by atoms with Crippen molar-refractivity contribution < 1.29 is 124 Å². The molecule has 16 nitrogen and oxygen atoms in total. The van der Waals surface area contributed by atoms with E-state index in [0.717, 1.165) is 33.4 Å². The van der Waals surface area contributed by atoms with Crippen LogP contribution < -0.4 is 85.8 Å². The molecule has 0 bridgehead atoms. The molecule has 0 spiro atoms. The molecular weight excluding hydrogens is 1150 g/mol. The molecule has 18 heteroatoms. The Kier molecular flexibility index (Phi) is 23.1. The largest absolute Gasteiger partial charge is 1.00 e. The van der Waals surface area contributed by atoms with Crippen molar-refractivity contribution in [3.05, 3.63) is 94.0 Å². The highest BCUT2D eigenvalue weighted by molar-refractivity contribution is 5.75. The van der Waals surface area contributed by atoms with Crippen LogP contribution in [0.3, 0.4) is 0 Å². The summed E-state index contributed by atoms with van der Waals surface area (Å²) >= 11 is 0. The summed E-state index contributed by atoms with van der Waals surface area (Å²) in [6.45, 7) is 1.94. The minimum Gasteiger partial charge on any atom is -1.00 e. The molecule has 0 amide bonds. The number of carbonyl (C=O) groups is 2. The van der Waals surface area contributed by atoms with E-state index < -0.39 is 24.1 Å². The monoisotopic (exact) mass is 1230 g/mol. The van der Waals surface area contributed by atoms with E-state index in [-0.39, 0.29) is 86.3 Å². The molecule has 0 aliphatic carbocycles. The van der Waals surface area contributed by atoms with Crippen LogP contribution in [0.15, 0.2) is 60.7 Å². The van der Waals surface area contributed by atoms with Crippen LogP contribution in [-0.4, -0.2) is 154 Å². The van der Waals surface area contributed by atoms with Crippen molar-refractivity contribution >= 4 is 11.9 Å². The quantitative estimate of drug-likeness (QED) is 0.0406. The second-order valence-corrected chi connectivity index (χ2v) is 18.7. The number of quaternary nitrogens is 2. The van der Waals surface area contributed by atoms with Crippen LogP contribution in [0, 0.1) is 0 Å². The van der Waals surface area contributed by atoms with Crippen molar-refractivity contribution in [1.82, 2.24) is 0 Å². The van der Waals surface area contributed by atoms with E-state index in [4.69, 9.17) is 47.4 Å². The number of likely N-dealkylation sites (N-methyl/N-ethyl adjacent to an activating group) is 2. The first-order valence-corrected chi connectivity index (χ1v) is 24.0. The SMILES string of the molecule is COc1ccc(C[C@@H]2c3cc(OC)c(OC)cc3CC[N+]2(C)C[C@@H](O)C(=O)OCCCCCCOC(=O)[C@H](O)C[N+]2(C)CCc3cc(OC)c(OC)cc3[C@H]2Cc2ccc(OC)c(OC)c2)cc1OC.[I-].[I-]. The minimum absolute atomic E-state index is 0. The lowest BCUT2D eigenvalue weighted by Gasteiger charge is -2.46. The molecule has 2 aliphatic rings. The summed E-state index contributed by atoms with van der Waals surface area (Å²) in [7, 11) is 17.0. The van der Waals surface area contributed by atoms with Crippen LogP contribution in [0.2, 0.25) is 0 Å². The van der Waals surface area contributed by atoms with Gasteiger partial charge in [0.2, 0.25) is 12.2 Å². The number of halogens is 2. The smallest absolute Gasteiger partial charge is 0.340 e. The predicted octanol–water partition coefficient (Wildman–Crippen LogP) is 0.405. The fraction of sp³-hybridized carbons (Fsp3) is 0.519. The second kappa shape index (κ2) is 27.7. The summed E-state index contributed by atoms with van der Waals surface area (Å²) in [5.41, 5.74) is 6.40. The fourth-order valence-corrected chi connectivity index (χ4v) is 10.3. The van der Waals surface area contributed by atoms with Gasteiger partial charge in [-0.05, 0) is 96.5 Å². The minimum atomic E-state index is -1.35. The van der Waals surface area contributed by atoms with E-state index in [1.54, 1.807) is 56.9 Å². The number of fused-ring (bicyclic) bond motifs is 2. The number of unbranched alkanes of at least 4 members (excludes halogenated alkanes) is 3. The average Bonchev–Trinajstić information content (AvgIpc) is 3.37. The zero-order valence-corrected chi connectivity index (χ0v) is 47.7. The second-order valence-electron chi connectivity index (χ2n) is 18.7. The maximum absolute atomic E-state index is 13.3. The summed E-state index contributed by atoms with van der Waals surface area (Å²) in [6.07, 6.45) is 2.51. The van der Waals surface area contributed by atoms with Gasteiger partial charge in [0, 0.05) is 36.8 Å². The zero-order chi connectivity index (χ0) is 50.6. The molecule has 72 heavy (non-hydrogen) atoms. The Morgan fingerprint density at radius 3 is 1.14 bits per heavy atom. The molecule has 398 valence electrons. The third kappa shape index (κ3) is 14.2. The third-order valence-corrected chi connectivity index (χ3v) is 14.3. The number of ether oxygens (including phenoxy) is 10. The number of hydrogen-bond acceptors (Lipinski definition) is 14. The molecule has 6 atom stereocenters. The third-order valence-electron chi connectivity index (χ3n) is 14.3. The van der Waals surface area contributed by atoms with Gasteiger partial charge >= 0.3 is 11.9 Å². The first-order chi connectivity index (χ1) is 33.7. The maximum atomic E-state index is 13.3. The highest BCUT2D eigenvalue weighted by atomic mass is 127. The van der Waals surface area contributed by atoms with E-state index in [1.165, 1.54) is 0 Å². The topological polar surface area (TPSA) is 167 Å². The molecule has 0 saturated carbocycles. The zero-order valence-electron chi connectivity index (χ0n) is 43.4. The molecule has 0 radical (unpaired) electrons. The summed E-state index contributed by atoms with van der Waals surface area (Å²) < 4.78 is 56.8. The van der Waals surface area contributed by atoms with Gasteiger partial charge in [-0.15, -0.1) is 0 Å². The summed E-state index contributed by atoms with van der Waals surface area (Å²) in [6, 6.07) is 19.5. The van der Waals surface area contributed by atoms with Crippen molar-refractivity contribution in [2.24, 2.45) is 0 Å². The average molecular weight is 1230 g/mol. The van der Waals surface area contributed by atoms with Crippen LogP contribution >= 0.6 is 0 Å². The van der Waals surface area contributed by atoms with Gasteiger partial charge in [0.25, 0.3) is 0 Å². The number of benzene rings is 4. The number of hydrogen-bond donors (Lipinski definition) is 2. The Morgan fingerprint density at radius 1 is 0.486 bits per heavy atom. The lowest BCUT2D eigenvalue weighted by atomic mass is 9.86. The highest BCUT2D eigenvalue weighted by Gasteiger charge is 2.44. The Balaban J connectivity index is 0.00000562. The van der Waals surface area contributed by atoms with Crippen LogP contribution in [0.25, 0.3) is 0 Å². The molecule has 2 unspecified atom stereocenters. The van der Waals surface area contributed by atoms with Gasteiger partial charge in [-0.2, -0.15) is 0 Å². The van der Waals surface area contributed by atoms with Gasteiger partial charge in [0.1, 0.15) is 25.2 Å². The molecular formula is C54H74I2N2O14. The number of aliphatic hydroxyl groups is 2. The summed E-state index contributed by atoms with van der Waals surface area (Å²) in [5, 5.41) is 22.7. The van der Waals surface area contributed by atoms with Crippen molar-refractivity contribution in [2.45, 2.75) is 75.7 Å². The van der Waals surface area contributed by atoms with E-state index in [2.05, 4.69) is 14.1 Å². The molecule has 2 N–H and O–H groups in total. The molecule has 2 aliphatic heterocycles. The lowest BCUT2D eigenvalue weighted by Crippen LogP contribution is -3.00. The normalized spacial score (nSPS) is 19.6. The Labute approximate surface area is 459 Å². The van der Waals surface area contributed by atoms with Crippen LogP contribution in [0.5, 0.6) is 46.0 Å². The molecule has 4 aromatic rings. The number of esters is 2. The molecule has 0 fully saturated rings. The van der Waals surface area contributed by atoms with Gasteiger partial charge in [0.05, 0.1) is 97.3 Å². The van der Waals surface area contributed by atoms with Crippen LogP contribution in [0.1, 0.15) is 71.1 Å². The van der Waals surface area contributed by atoms with Crippen LogP contribution in [-0.2, 0) is 44.7 Å². The summed E-state index contributed by atoms with van der Waals surface area (Å²) in [4.78, 5) is 26.5. The van der Waals surface area contributed by atoms with E-state index >= 15 is 0 Å². The van der Waals surface area contributed by atoms with Gasteiger partial charge in [-0.1, -0.05) is 12.1 Å². The van der Waals surface area contributed by atoms with Gasteiger partial charge in [0.15, 0.2) is 46.0 Å². The van der Waals surface area contributed by atoms with Crippen molar-refractivity contribution in [3.63, 3.8) is 0 Å². The molecule has 0 aromatic heterocycles. The first-order valence-electron chi connectivity index (χ1n) is 24.0. The Morgan fingerprint density at radius 2 is 0.806 bits per heavy atom. The Bertz CT molecular complexity index is 2260. The van der Waals surface area contributed by atoms with E-state index in [9.17, 15) is 19.8 Å². The lowest BCUT2D eigenvalue weighted by molar-refractivity contribution is -0.943. The van der Waals surface area contributed by atoms with Crippen molar-refractivity contribution in [1.29, 1.82) is 0 Å². The Hall–Kier alpha value is -4.48. The van der Waals surface area contributed by atoms with Gasteiger partial charge in [-0.25, -0.2) is 9.59 Å². The first kappa shape index (κ1) is 60.1. The van der Waals surface area contributed by atoms with Gasteiger partial charge in [-0.3, -0.25) is 0 Å². The number of aliphatic hydroxyl groups excluding tert-OH is 2.